The molecule has 2 aliphatic carbocycles. The molecule has 0 aromatic rings. The summed E-state index contributed by atoms with van der Waals surface area (Å²) in [4.78, 5) is 12.4. The maximum absolute atomic E-state index is 12.4. The van der Waals surface area contributed by atoms with Crippen LogP contribution in [0.2, 0.25) is 0 Å². The first kappa shape index (κ1) is 14.8. The number of rotatable bonds is 3. The van der Waals surface area contributed by atoms with Crippen molar-refractivity contribution in [3.63, 3.8) is 0 Å². The lowest BCUT2D eigenvalue weighted by Gasteiger charge is -2.34. The summed E-state index contributed by atoms with van der Waals surface area (Å²) in [6.45, 7) is 5.35. The molecule has 5 unspecified atom stereocenters. The molecule has 0 heterocycles. The Labute approximate surface area is 117 Å². The minimum absolute atomic E-state index is 0.0349. The summed E-state index contributed by atoms with van der Waals surface area (Å²) in [5, 5.41) is 3.19. The van der Waals surface area contributed by atoms with Gasteiger partial charge in [0, 0.05) is 12.6 Å². The van der Waals surface area contributed by atoms with E-state index in [0.29, 0.717) is 11.8 Å². The highest BCUT2D eigenvalue weighted by Gasteiger charge is 2.34. The Morgan fingerprint density at radius 2 is 1.74 bits per heavy atom. The molecule has 1 amide bonds. The fourth-order valence-corrected chi connectivity index (χ4v) is 3.96. The van der Waals surface area contributed by atoms with Gasteiger partial charge in [-0.25, -0.2) is 0 Å². The highest BCUT2D eigenvalue weighted by molar-refractivity contribution is 5.79. The maximum atomic E-state index is 12.4. The largest absolute Gasteiger partial charge is 0.356 e. The maximum Gasteiger partial charge on any atom is 0.224 e. The lowest BCUT2D eigenvalue weighted by atomic mass is 9.76. The fourth-order valence-electron chi connectivity index (χ4n) is 3.96. The molecular weight excluding hydrogens is 236 g/mol. The molecule has 0 aromatic heterocycles. The number of carbonyl (C=O) groups excluding carboxylic acids is 1. The number of amides is 1. The van der Waals surface area contributed by atoms with Crippen molar-refractivity contribution in [3.8, 4) is 0 Å². The number of carbonyl (C=O) groups is 1. The van der Waals surface area contributed by atoms with Crippen LogP contribution in [0.1, 0.15) is 58.8 Å². The zero-order valence-corrected chi connectivity index (χ0v) is 12.5. The van der Waals surface area contributed by atoms with E-state index in [4.69, 9.17) is 5.73 Å². The Morgan fingerprint density at radius 1 is 1.05 bits per heavy atom. The summed E-state index contributed by atoms with van der Waals surface area (Å²) in [5.74, 6) is 2.11. The summed E-state index contributed by atoms with van der Waals surface area (Å²) in [5.41, 5.74) is 6.15. The van der Waals surface area contributed by atoms with Gasteiger partial charge in [-0.05, 0) is 37.0 Å². The zero-order chi connectivity index (χ0) is 13.8. The molecule has 2 fully saturated rings. The molecule has 3 nitrogen and oxygen atoms in total. The zero-order valence-electron chi connectivity index (χ0n) is 12.5. The van der Waals surface area contributed by atoms with Crippen molar-refractivity contribution in [1.82, 2.24) is 5.32 Å². The first-order chi connectivity index (χ1) is 9.09. The number of hydrogen-bond acceptors (Lipinski definition) is 2. The first-order valence-corrected chi connectivity index (χ1v) is 8.13. The van der Waals surface area contributed by atoms with Crippen LogP contribution in [0, 0.1) is 23.7 Å². The summed E-state index contributed by atoms with van der Waals surface area (Å²) in [6.07, 6.45) is 8.59. The minimum Gasteiger partial charge on any atom is -0.356 e. The summed E-state index contributed by atoms with van der Waals surface area (Å²) in [7, 11) is 0. The molecule has 110 valence electrons. The van der Waals surface area contributed by atoms with E-state index in [-0.39, 0.29) is 17.9 Å². The van der Waals surface area contributed by atoms with E-state index in [1.165, 1.54) is 32.1 Å². The molecule has 3 heteroatoms. The lowest BCUT2D eigenvalue weighted by molar-refractivity contribution is -0.128. The van der Waals surface area contributed by atoms with Crippen molar-refractivity contribution < 1.29 is 4.79 Å². The normalized spacial score (nSPS) is 39.8. The topological polar surface area (TPSA) is 55.1 Å². The third kappa shape index (κ3) is 3.71. The highest BCUT2D eigenvalue weighted by Crippen LogP contribution is 2.31. The first-order valence-electron chi connectivity index (χ1n) is 8.13. The smallest absolute Gasteiger partial charge is 0.224 e. The Morgan fingerprint density at radius 3 is 2.42 bits per heavy atom. The standard InChI is InChI=1S/C16H30N2O/c1-11-6-3-4-8-13(11)10-18-16(19)15-12(2)7-5-9-14(15)17/h11-15H,3-10,17H2,1-2H3,(H,18,19). The van der Waals surface area contributed by atoms with Gasteiger partial charge in [-0.3, -0.25) is 4.79 Å². The van der Waals surface area contributed by atoms with Crippen molar-refractivity contribution in [1.29, 1.82) is 0 Å². The molecule has 0 aromatic carbocycles. The Bertz CT molecular complexity index is 295. The molecule has 19 heavy (non-hydrogen) atoms. The molecule has 0 aliphatic heterocycles. The molecule has 2 rings (SSSR count). The van der Waals surface area contributed by atoms with Gasteiger partial charge < -0.3 is 11.1 Å². The van der Waals surface area contributed by atoms with Crippen molar-refractivity contribution in [2.45, 2.75) is 64.8 Å². The summed E-state index contributed by atoms with van der Waals surface area (Å²) < 4.78 is 0. The third-order valence-corrected chi connectivity index (χ3v) is 5.40. The van der Waals surface area contributed by atoms with Crippen LogP contribution in [0.25, 0.3) is 0 Å². The van der Waals surface area contributed by atoms with E-state index in [1.807, 2.05) is 0 Å². The minimum atomic E-state index is 0.0349. The van der Waals surface area contributed by atoms with Crippen LogP contribution < -0.4 is 11.1 Å². The van der Waals surface area contributed by atoms with Crippen LogP contribution in [0.15, 0.2) is 0 Å². The van der Waals surface area contributed by atoms with Crippen molar-refractivity contribution in [3.05, 3.63) is 0 Å². The van der Waals surface area contributed by atoms with Gasteiger partial charge in [-0.2, -0.15) is 0 Å². The average molecular weight is 266 g/mol. The van der Waals surface area contributed by atoms with Gasteiger partial charge in [-0.1, -0.05) is 39.5 Å². The van der Waals surface area contributed by atoms with E-state index < -0.39 is 0 Å². The van der Waals surface area contributed by atoms with Crippen molar-refractivity contribution in [2.75, 3.05) is 6.54 Å². The molecule has 0 saturated heterocycles. The second-order valence-electron chi connectivity index (χ2n) is 6.86. The van der Waals surface area contributed by atoms with Crippen LogP contribution in [-0.4, -0.2) is 18.5 Å². The van der Waals surface area contributed by atoms with E-state index in [0.717, 1.165) is 25.3 Å². The number of hydrogen-bond donors (Lipinski definition) is 2. The van der Waals surface area contributed by atoms with Crippen LogP contribution >= 0.6 is 0 Å². The Balaban J connectivity index is 1.82. The quantitative estimate of drug-likeness (QED) is 0.825. The van der Waals surface area contributed by atoms with Crippen LogP contribution in [0.3, 0.4) is 0 Å². The van der Waals surface area contributed by atoms with Gasteiger partial charge in [0.05, 0.1) is 5.92 Å². The van der Waals surface area contributed by atoms with Crippen molar-refractivity contribution in [2.24, 2.45) is 29.4 Å². The molecule has 3 N–H and O–H groups in total. The van der Waals surface area contributed by atoms with Crippen LogP contribution in [-0.2, 0) is 4.79 Å². The fraction of sp³-hybridized carbons (Fsp3) is 0.938. The van der Waals surface area contributed by atoms with Crippen LogP contribution in [0.4, 0.5) is 0 Å². The monoisotopic (exact) mass is 266 g/mol. The molecule has 0 radical (unpaired) electrons. The van der Waals surface area contributed by atoms with E-state index in [1.54, 1.807) is 0 Å². The second kappa shape index (κ2) is 6.74. The molecule has 0 bridgehead atoms. The van der Waals surface area contributed by atoms with E-state index in [9.17, 15) is 4.79 Å². The second-order valence-corrected chi connectivity index (χ2v) is 6.86. The molecular formula is C16H30N2O. The summed E-state index contributed by atoms with van der Waals surface area (Å²) >= 11 is 0. The van der Waals surface area contributed by atoms with Gasteiger partial charge in [0.1, 0.15) is 0 Å². The average Bonchev–Trinajstić information content (AvgIpc) is 2.37. The SMILES string of the molecule is CC1CCCCC1CNC(=O)C1C(C)CCCC1N. The molecule has 2 aliphatic rings. The van der Waals surface area contributed by atoms with Crippen LogP contribution in [0.5, 0.6) is 0 Å². The predicted molar refractivity (Wildman–Crippen MR) is 78.6 cm³/mol. The number of nitrogens with two attached hydrogens (primary N) is 1. The third-order valence-electron chi connectivity index (χ3n) is 5.40. The van der Waals surface area contributed by atoms with Gasteiger partial charge >= 0.3 is 0 Å². The Hall–Kier alpha value is -0.570. The molecule has 5 atom stereocenters. The lowest BCUT2D eigenvalue weighted by Crippen LogP contribution is -2.48. The van der Waals surface area contributed by atoms with Gasteiger partial charge in [0.2, 0.25) is 5.91 Å². The molecule has 0 spiro atoms. The molecule has 2 saturated carbocycles. The van der Waals surface area contributed by atoms with E-state index in [2.05, 4.69) is 19.2 Å². The number of nitrogens with one attached hydrogen (secondary N) is 1. The van der Waals surface area contributed by atoms with Gasteiger partial charge in [0.15, 0.2) is 0 Å². The summed E-state index contributed by atoms with van der Waals surface area (Å²) in [6, 6.07) is 0.0625. The predicted octanol–water partition coefficient (Wildman–Crippen LogP) is 2.69. The Kier molecular flexibility index (Phi) is 5.26. The van der Waals surface area contributed by atoms with Crippen molar-refractivity contribution >= 4 is 5.91 Å². The van der Waals surface area contributed by atoms with E-state index >= 15 is 0 Å². The highest BCUT2D eigenvalue weighted by atomic mass is 16.1. The van der Waals surface area contributed by atoms with Gasteiger partial charge in [0.25, 0.3) is 0 Å². The van der Waals surface area contributed by atoms with Gasteiger partial charge in [-0.15, -0.1) is 0 Å².